The molecule has 62 valence electrons. The summed E-state index contributed by atoms with van der Waals surface area (Å²) in [5, 5.41) is 9.88. The minimum atomic E-state index is 0.700. The molecule has 13 heavy (non-hydrogen) atoms. The zero-order chi connectivity index (χ0) is 9.26. The monoisotopic (exact) mass is 168 g/mol. The second-order valence-corrected chi connectivity index (χ2v) is 2.93. The fourth-order valence-corrected chi connectivity index (χ4v) is 1.41. The summed E-state index contributed by atoms with van der Waals surface area (Å²) >= 11 is 0. The highest BCUT2D eigenvalue weighted by Crippen LogP contribution is 2.18. The second kappa shape index (κ2) is 2.87. The molecule has 0 unspecified atom stereocenters. The van der Waals surface area contributed by atoms with Gasteiger partial charge in [0.15, 0.2) is 0 Å². The third-order valence-corrected chi connectivity index (χ3v) is 2.15. The summed E-state index contributed by atoms with van der Waals surface area (Å²) in [6.45, 7) is 1.92. The van der Waals surface area contributed by atoms with Gasteiger partial charge in [-0.05, 0) is 24.6 Å². The van der Waals surface area contributed by atoms with Gasteiger partial charge in [0.05, 0.1) is 17.1 Å². The number of benzene rings is 1. The summed E-state index contributed by atoms with van der Waals surface area (Å²) in [7, 11) is 0. The molecule has 0 aliphatic rings. The van der Waals surface area contributed by atoms with Crippen LogP contribution in [-0.2, 0) is 0 Å². The molecule has 0 radical (unpaired) electrons. The van der Waals surface area contributed by atoms with Crippen LogP contribution >= 0.6 is 0 Å². The van der Waals surface area contributed by atoms with Crippen molar-refractivity contribution in [3.63, 3.8) is 0 Å². The smallest absolute Gasteiger partial charge is 0.0995 e. The van der Waals surface area contributed by atoms with E-state index < -0.39 is 0 Å². The SMILES string of the molecule is Cc1c(C#N)ccc2cccnc12. The molecule has 1 heterocycles. The van der Waals surface area contributed by atoms with E-state index in [1.165, 1.54) is 0 Å². The molecule has 2 nitrogen and oxygen atoms in total. The molecule has 0 saturated carbocycles. The zero-order valence-corrected chi connectivity index (χ0v) is 7.28. The molecule has 0 N–H and O–H groups in total. The van der Waals surface area contributed by atoms with E-state index in [1.54, 1.807) is 6.20 Å². The Morgan fingerprint density at radius 3 is 2.92 bits per heavy atom. The average Bonchev–Trinajstić information content (AvgIpc) is 2.19. The van der Waals surface area contributed by atoms with Crippen molar-refractivity contribution < 1.29 is 0 Å². The Bertz CT molecular complexity index is 495. The van der Waals surface area contributed by atoms with E-state index in [0.29, 0.717) is 5.56 Å². The molecule has 0 atom stereocenters. The van der Waals surface area contributed by atoms with Crippen molar-refractivity contribution in [2.75, 3.05) is 0 Å². The number of aryl methyl sites for hydroxylation is 1. The third-order valence-electron chi connectivity index (χ3n) is 2.15. The summed E-state index contributed by atoms with van der Waals surface area (Å²) in [5.74, 6) is 0. The molecule has 0 aliphatic heterocycles. The predicted octanol–water partition coefficient (Wildman–Crippen LogP) is 2.41. The lowest BCUT2D eigenvalue weighted by Gasteiger charge is -2.01. The van der Waals surface area contributed by atoms with Gasteiger partial charge in [-0.3, -0.25) is 4.98 Å². The van der Waals surface area contributed by atoms with Crippen LogP contribution in [0.4, 0.5) is 0 Å². The fourth-order valence-electron chi connectivity index (χ4n) is 1.41. The van der Waals surface area contributed by atoms with Crippen LogP contribution in [0.25, 0.3) is 10.9 Å². The van der Waals surface area contributed by atoms with Gasteiger partial charge in [0.25, 0.3) is 0 Å². The van der Waals surface area contributed by atoms with E-state index in [2.05, 4.69) is 11.1 Å². The Morgan fingerprint density at radius 2 is 2.15 bits per heavy atom. The van der Waals surface area contributed by atoms with Gasteiger partial charge in [0, 0.05) is 11.6 Å². The van der Waals surface area contributed by atoms with Crippen molar-refractivity contribution in [3.8, 4) is 6.07 Å². The molecule has 1 aromatic heterocycles. The highest BCUT2D eigenvalue weighted by Gasteiger charge is 2.02. The number of rotatable bonds is 0. The summed E-state index contributed by atoms with van der Waals surface area (Å²) in [6.07, 6.45) is 1.75. The molecular weight excluding hydrogens is 160 g/mol. The third kappa shape index (κ3) is 1.15. The van der Waals surface area contributed by atoms with Gasteiger partial charge in [-0.25, -0.2) is 0 Å². The molecule has 0 saturated heterocycles. The summed E-state index contributed by atoms with van der Waals surface area (Å²) in [4.78, 5) is 4.24. The van der Waals surface area contributed by atoms with Crippen LogP contribution < -0.4 is 0 Å². The Morgan fingerprint density at radius 1 is 1.31 bits per heavy atom. The highest BCUT2D eigenvalue weighted by atomic mass is 14.6. The Hall–Kier alpha value is -1.88. The lowest BCUT2D eigenvalue weighted by atomic mass is 10.1. The maximum atomic E-state index is 8.80. The van der Waals surface area contributed by atoms with Crippen molar-refractivity contribution in [1.82, 2.24) is 4.98 Å². The second-order valence-electron chi connectivity index (χ2n) is 2.93. The molecule has 1 aromatic carbocycles. The molecule has 2 heteroatoms. The maximum absolute atomic E-state index is 8.80. The first kappa shape index (κ1) is 7.75. The van der Waals surface area contributed by atoms with Crippen LogP contribution in [0.2, 0.25) is 0 Å². The first-order valence-corrected chi connectivity index (χ1v) is 4.07. The molecule has 2 aromatic rings. The number of fused-ring (bicyclic) bond motifs is 1. The van der Waals surface area contributed by atoms with Crippen molar-refractivity contribution in [2.24, 2.45) is 0 Å². The number of pyridine rings is 1. The van der Waals surface area contributed by atoms with E-state index >= 15 is 0 Å². The van der Waals surface area contributed by atoms with Crippen molar-refractivity contribution in [3.05, 3.63) is 41.6 Å². The fraction of sp³-hybridized carbons (Fsp3) is 0.0909. The molecule has 0 spiro atoms. The minimum absolute atomic E-state index is 0.700. The number of hydrogen-bond acceptors (Lipinski definition) is 2. The van der Waals surface area contributed by atoms with Gasteiger partial charge in [-0.2, -0.15) is 5.26 Å². The molecule has 0 fully saturated rings. The number of nitriles is 1. The molecule has 0 bridgehead atoms. The Balaban J connectivity index is 2.89. The normalized spacial score (nSPS) is 9.85. The summed E-state index contributed by atoms with van der Waals surface area (Å²) in [6, 6.07) is 9.80. The van der Waals surface area contributed by atoms with Crippen LogP contribution in [-0.4, -0.2) is 4.98 Å². The lowest BCUT2D eigenvalue weighted by Crippen LogP contribution is -1.86. The van der Waals surface area contributed by atoms with E-state index in [4.69, 9.17) is 5.26 Å². The van der Waals surface area contributed by atoms with Crippen molar-refractivity contribution in [1.29, 1.82) is 5.26 Å². The van der Waals surface area contributed by atoms with Crippen LogP contribution in [0.5, 0.6) is 0 Å². The first-order valence-electron chi connectivity index (χ1n) is 4.07. The quantitative estimate of drug-likeness (QED) is 0.605. The van der Waals surface area contributed by atoms with Gasteiger partial charge >= 0.3 is 0 Å². The predicted molar refractivity (Wildman–Crippen MR) is 51.2 cm³/mol. The lowest BCUT2D eigenvalue weighted by molar-refractivity contribution is 1.34. The number of hydrogen-bond donors (Lipinski definition) is 0. The highest BCUT2D eigenvalue weighted by molar-refractivity contribution is 5.83. The standard InChI is InChI=1S/C11H8N2/c1-8-10(7-12)5-4-9-3-2-6-13-11(8)9/h2-6H,1H3. The minimum Gasteiger partial charge on any atom is -0.256 e. The van der Waals surface area contributed by atoms with Crippen LogP contribution in [0, 0.1) is 18.3 Å². The molecule has 0 aliphatic carbocycles. The zero-order valence-electron chi connectivity index (χ0n) is 7.28. The van der Waals surface area contributed by atoms with E-state index in [1.807, 2.05) is 31.2 Å². The largest absolute Gasteiger partial charge is 0.256 e. The van der Waals surface area contributed by atoms with Gasteiger partial charge in [-0.15, -0.1) is 0 Å². The Labute approximate surface area is 76.5 Å². The van der Waals surface area contributed by atoms with E-state index in [9.17, 15) is 0 Å². The van der Waals surface area contributed by atoms with E-state index in [0.717, 1.165) is 16.5 Å². The van der Waals surface area contributed by atoms with E-state index in [-0.39, 0.29) is 0 Å². The summed E-state index contributed by atoms with van der Waals surface area (Å²) < 4.78 is 0. The van der Waals surface area contributed by atoms with Crippen LogP contribution in [0.3, 0.4) is 0 Å². The van der Waals surface area contributed by atoms with Gasteiger partial charge in [0.1, 0.15) is 0 Å². The topological polar surface area (TPSA) is 36.7 Å². The number of nitrogens with zero attached hydrogens (tertiary/aromatic N) is 2. The van der Waals surface area contributed by atoms with Gasteiger partial charge < -0.3 is 0 Å². The van der Waals surface area contributed by atoms with Crippen LogP contribution in [0.1, 0.15) is 11.1 Å². The van der Waals surface area contributed by atoms with Crippen molar-refractivity contribution >= 4 is 10.9 Å². The van der Waals surface area contributed by atoms with Crippen LogP contribution in [0.15, 0.2) is 30.5 Å². The first-order chi connectivity index (χ1) is 6.33. The van der Waals surface area contributed by atoms with Gasteiger partial charge in [-0.1, -0.05) is 12.1 Å². The summed E-state index contributed by atoms with van der Waals surface area (Å²) in [5.41, 5.74) is 2.58. The molecular formula is C11H8N2. The molecule has 0 amide bonds. The number of aromatic nitrogens is 1. The van der Waals surface area contributed by atoms with Gasteiger partial charge in [0.2, 0.25) is 0 Å². The van der Waals surface area contributed by atoms with Crippen molar-refractivity contribution in [2.45, 2.75) is 6.92 Å². The Kier molecular flexibility index (Phi) is 1.71. The average molecular weight is 168 g/mol. The maximum Gasteiger partial charge on any atom is 0.0995 e. The molecule has 2 rings (SSSR count).